The van der Waals surface area contributed by atoms with Gasteiger partial charge in [0.1, 0.15) is 0 Å². The summed E-state index contributed by atoms with van der Waals surface area (Å²) in [7, 11) is 0. The van der Waals surface area contributed by atoms with Crippen LogP contribution in [-0.4, -0.2) is 25.3 Å². The molecule has 0 saturated heterocycles. The largest absolute Gasteiger partial charge is 0.377 e. The van der Waals surface area contributed by atoms with E-state index in [1.807, 2.05) is 0 Å². The Morgan fingerprint density at radius 1 is 1.40 bits per heavy atom. The molecular weight excluding hydrogens is 186 g/mol. The first-order valence-electron chi connectivity index (χ1n) is 6.34. The summed E-state index contributed by atoms with van der Waals surface area (Å²) >= 11 is 0. The second-order valence-corrected chi connectivity index (χ2v) is 5.83. The van der Waals surface area contributed by atoms with Crippen LogP contribution in [0.15, 0.2) is 0 Å². The van der Waals surface area contributed by atoms with Crippen molar-refractivity contribution in [3.8, 4) is 0 Å². The van der Waals surface area contributed by atoms with Gasteiger partial charge < -0.3 is 10.1 Å². The first-order valence-corrected chi connectivity index (χ1v) is 6.34. The molecule has 1 aliphatic rings. The van der Waals surface area contributed by atoms with E-state index in [-0.39, 0.29) is 0 Å². The topological polar surface area (TPSA) is 21.3 Å². The molecule has 0 aromatic carbocycles. The van der Waals surface area contributed by atoms with Crippen molar-refractivity contribution in [1.82, 2.24) is 5.32 Å². The van der Waals surface area contributed by atoms with E-state index < -0.39 is 0 Å². The van der Waals surface area contributed by atoms with Crippen LogP contribution in [0.4, 0.5) is 0 Å². The molecule has 1 saturated carbocycles. The van der Waals surface area contributed by atoms with Gasteiger partial charge in [-0.15, -0.1) is 0 Å². The van der Waals surface area contributed by atoms with Crippen molar-refractivity contribution in [3.63, 3.8) is 0 Å². The van der Waals surface area contributed by atoms with Gasteiger partial charge in [-0.2, -0.15) is 0 Å². The van der Waals surface area contributed by atoms with Gasteiger partial charge in [-0.25, -0.2) is 0 Å². The van der Waals surface area contributed by atoms with Gasteiger partial charge in [0.2, 0.25) is 0 Å². The van der Waals surface area contributed by atoms with Crippen molar-refractivity contribution in [2.24, 2.45) is 5.41 Å². The Bertz CT molecular complexity index is 177. The molecule has 0 radical (unpaired) electrons. The molecule has 0 aromatic heterocycles. The van der Waals surface area contributed by atoms with Crippen molar-refractivity contribution >= 4 is 0 Å². The van der Waals surface area contributed by atoms with Gasteiger partial charge in [0.15, 0.2) is 0 Å². The second-order valence-electron chi connectivity index (χ2n) is 5.83. The van der Waals surface area contributed by atoms with Crippen molar-refractivity contribution < 1.29 is 4.74 Å². The molecule has 2 heteroatoms. The first-order chi connectivity index (χ1) is 6.99. The highest BCUT2D eigenvalue weighted by molar-refractivity contribution is 4.83. The van der Waals surface area contributed by atoms with Crippen molar-refractivity contribution in [3.05, 3.63) is 0 Å². The van der Waals surface area contributed by atoms with Crippen molar-refractivity contribution in [2.45, 2.75) is 65.5 Å². The van der Waals surface area contributed by atoms with Crippen LogP contribution < -0.4 is 5.32 Å². The molecule has 1 unspecified atom stereocenters. The smallest absolute Gasteiger partial charge is 0.0594 e. The van der Waals surface area contributed by atoms with Crippen molar-refractivity contribution in [2.75, 3.05) is 13.2 Å². The SMILES string of the molecule is CC(C)OCCNC1CCCC(C)(C)C1. The van der Waals surface area contributed by atoms with Gasteiger partial charge in [0.25, 0.3) is 0 Å². The molecule has 1 rings (SSSR count). The monoisotopic (exact) mass is 213 g/mol. The van der Waals surface area contributed by atoms with Crippen LogP contribution in [0, 0.1) is 5.41 Å². The number of nitrogens with one attached hydrogen (secondary N) is 1. The lowest BCUT2D eigenvalue weighted by Crippen LogP contribution is -2.39. The van der Waals surface area contributed by atoms with Crippen LogP contribution in [0.2, 0.25) is 0 Å². The number of hydrogen-bond donors (Lipinski definition) is 1. The summed E-state index contributed by atoms with van der Waals surface area (Å²) in [6, 6.07) is 0.713. The van der Waals surface area contributed by atoms with Crippen LogP contribution >= 0.6 is 0 Å². The van der Waals surface area contributed by atoms with Gasteiger partial charge >= 0.3 is 0 Å². The summed E-state index contributed by atoms with van der Waals surface area (Å²) in [5, 5.41) is 3.61. The molecule has 0 bridgehead atoms. The maximum Gasteiger partial charge on any atom is 0.0594 e. The predicted octanol–water partition coefficient (Wildman–Crippen LogP) is 2.97. The van der Waals surface area contributed by atoms with Crippen molar-refractivity contribution in [1.29, 1.82) is 0 Å². The predicted molar refractivity (Wildman–Crippen MR) is 65.1 cm³/mol. The van der Waals surface area contributed by atoms with Crippen LogP contribution in [0.25, 0.3) is 0 Å². The molecule has 90 valence electrons. The van der Waals surface area contributed by atoms with Crippen LogP contribution in [0.1, 0.15) is 53.4 Å². The fourth-order valence-electron chi connectivity index (χ4n) is 2.43. The molecule has 15 heavy (non-hydrogen) atoms. The highest BCUT2D eigenvalue weighted by Crippen LogP contribution is 2.34. The fraction of sp³-hybridized carbons (Fsp3) is 1.00. The number of ether oxygens (including phenoxy) is 1. The van der Waals surface area contributed by atoms with Gasteiger partial charge in [-0.1, -0.05) is 20.3 Å². The highest BCUT2D eigenvalue weighted by Gasteiger charge is 2.27. The Balaban J connectivity index is 2.11. The van der Waals surface area contributed by atoms with E-state index >= 15 is 0 Å². The lowest BCUT2D eigenvalue weighted by Gasteiger charge is -2.35. The molecule has 1 N–H and O–H groups in total. The Morgan fingerprint density at radius 3 is 2.73 bits per heavy atom. The minimum Gasteiger partial charge on any atom is -0.377 e. The summed E-state index contributed by atoms with van der Waals surface area (Å²) in [4.78, 5) is 0. The molecule has 2 nitrogen and oxygen atoms in total. The van der Waals surface area contributed by atoms with Gasteiger partial charge in [0.05, 0.1) is 12.7 Å². The summed E-state index contributed by atoms with van der Waals surface area (Å²) in [6.45, 7) is 10.8. The summed E-state index contributed by atoms with van der Waals surface area (Å²) in [6.07, 6.45) is 5.76. The molecule has 0 aromatic rings. The minimum atomic E-state index is 0.356. The average Bonchev–Trinajstić information content (AvgIpc) is 2.10. The molecule has 0 spiro atoms. The third kappa shape index (κ3) is 5.53. The number of hydrogen-bond acceptors (Lipinski definition) is 2. The summed E-state index contributed by atoms with van der Waals surface area (Å²) < 4.78 is 5.52. The molecule has 0 amide bonds. The molecule has 1 fully saturated rings. The standard InChI is InChI=1S/C13H27NO/c1-11(2)15-9-8-14-12-6-5-7-13(3,4)10-12/h11-12,14H,5-10H2,1-4H3. The average molecular weight is 213 g/mol. The van der Waals surface area contributed by atoms with E-state index in [4.69, 9.17) is 4.74 Å². The Kier molecular flexibility index (Phi) is 5.07. The van der Waals surface area contributed by atoms with Gasteiger partial charge in [0, 0.05) is 12.6 Å². The lowest BCUT2D eigenvalue weighted by molar-refractivity contribution is 0.0762. The van der Waals surface area contributed by atoms with E-state index in [9.17, 15) is 0 Å². The van der Waals surface area contributed by atoms with E-state index in [1.165, 1.54) is 25.7 Å². The quantitative estimate of drug-likeness (QED) is 0.709. The zero-order valence-corrected chi connectivity index (χ0v) is 10.8. The lowest BCUT2D eigenvalue weighted by atomic mass is 9.75. The van der Waals surface area contributed by atoms with E-state index in [0.717, 1.165) is 13.2 Å². The van der Waals surface area contributed by atoms with E-state index in [2.05, 4.69) is 33.0 Å². The van der Waals surface area contributed by atoms with Crippen LogP contribution in [-0.2, 0) is 4.74 Å². The highest BCUT2D eigenvalue weighted by atomic mass is 16.5. The van der Waals surface area contributed by atoms with Gasteiger partial charge in [-0.3, -0.25) is 0 Å². The molecule has 1 atom stereocenters. The molecule has 0 heterocycles. The zero-order valence-electron chi connectivity index (χ0n) is 10.8. The Labute approximate surface area is 94.8 Å². The minimum absolute atomic E-state index is 0.356. The maximum atomic E-state index is 5.52. The Hall–Kier alpha value is -0.0800. The van der Waals surface area contributed by atoms with Gasteiger partial charge in [-0.05, 0) is 38.5 Å². The normalized spacial score (nSPS) is 25.8. The summed E-state index contributed by atoms with van der Waals surface area (Å²) in [5.41, 5.74) is 0.537. The zero-order chi connectivity index (χ0) is 11.3. The molecule has 1 aliphatic carbocycles. The maximum absolute atomic E-state index is 5.52. The third-order valence-corrected chi connectivity index (χ3v) is 3.19. The van der Waals surface area contributed by atoms with Crippen LogP contribution in [0.5, 0.6) is 0 Å². The molecule has 0 aliphatic heterocycles. The molecular formula is C13H27NO. The third-order valence-electron chi connectivity index (χ3n) is 3.19. The van der Waals surface area contributed by atoms with E-state index in [1.54, 1.807) is 0 Å². The Morgan fingerprint density at radius 2 is 2.13 bits per heavy atom. The summed E-state index contributed by atoms with van der Waals surface area (Å²) in [5.74, 6) is 0. The number of rotatable bonds is 5. The van der Waals surface area contributed by atoms with Crippen LogP contribution in [0.3, 0.4) is 0 Å². The van der Waals surface area contributed by atoms with E-state index in [0.29, 0.717) is 17.6 Å². The first kappa shape index (κ1) is 13.0. The fourth-order valence-corrected chi connectivity index (χ4v) is 2.43. The second kappa shape index (κ2) is 5.86.